The van der Waals surface area contributed by atoms with Gasteiger partial charge in [-0.25, -0.2) is 0 Å². The quantitative estimate of drug-likeness (QED) is 0.680. The minimum absolute atomic E-state index is 0.0707. The molecule has 0 aromatic carbocycles. The molecule has 0 saturated heterocycles. The Hall–Kier alpha value is -1.06. The number of hydrogen-bond donors (Lipinski definition) is 2. The Balaban J connectivity index is 4.79. The Kier molecular flexibility index (Phi) is 7.59. The molecule has 0 saturated carbocycles. The molecule has 4 nitrogen and oxygen atoms in total. The molecule has 4 heteroatoms. The number of rotatable bonds is 8. The number of primary amides is 1. The molecule has 0 radical (unpaired) electrons. The van der Waals surface area contributed by atoms with Crippen molar-refractivity contribution in [1.29, 1.82) is 0 Å². The highest BCUT2D eigenvalue weighted by atomic mass is 16.2. The zero-order chi connectivity index (χ0) is 13.4. The number of nitrogens with two attached hydrogens (primary N) is 1. The first-order valence-electron chi connectivity index (χ1n) is 6.44. The van der Waals surface area contributed by atoms with E-state index in [2.05, 4.69) is 12.2 Å². The van der Waals surface area contributed by atoms with Crippen molar-refractivity contribution >= 4 is 11.8 Å². The highest BCUT2D eigenvalue weighted by molar-refractivity contribution is 5.86. The molecule has 17 heavy (non-hydrogen) atoms. The van der Waals surface area contributed by atoms with Crippen LogP contribution in [0.4, 0.5) is 0 Å². The Labute approximate surface area is 104 Å². The van der Waals surface area contributed by atoms with Crippen molar-refractivity contribution in [2.24, 2.45) is 23.5 Å². The van der Waals surface area contributed by atoms with E-state index in [-0.39, 0.29) is 23.7 Å². The monoisotopic (exact) mass is 242 g/mol. The molecule has 0 aromatic heterocycles. The molecule has 100 valence electrons. The Bertz CT molecular complexity index is 252. The molecule has 2 amide bonds. The van der Waals surface area contributed by atoms with Gasteiger partial charge in [0.2, 0.25) is 11.8 Å². The minimum Gasteiger partial charge on any atom is -0.369 e. The van der Waals surface area contributed by atoms with Crippen LogP contribution in [0, 0.1) is 17.8 Å². The highest BCUT2D eigenvalue weighted by Crippen LogP contribution is 2.25. The van der Waals surface area contributed by atoms with E-state index in [1.807, 2.05) is 13.8 Å². The number of hydrogen-bond acceptors (Lipinski definition) is 2. The topological polar surface area (TPSA) is 72.2 Å². The minimum atomic E-state index is -0.354. The fourth-order valence-electron chi connectivity index (χ4n) is 2.11. The maximum Gasteiger partial charge on any atom is 0.223 e. The maximum absolute atomic E-state index is 11.8. The van der Waals surface area contributed by atoms with Crippen LogP contribution in [0.1, 0.15) is 46.5 Å². The normalized spacial score (nSPS) is 14.4. The molecule has 0 fully saturated rings. The average molecular weight is 242 g/mol. The second-order valence-electron chi connectivity index (χ2n) is 5.00. The van der Waals surface area contributed by atoms with Gasteiger partial charge in [-0.2, -0.15) is 0 Å². The zero-order valence-corrected chi connectivity index (χ0v) is 11.5. The van der Waals surface area contributed by atoms with E-state index in [4.69, 9.17) is 5.73 Å². The third kappa shape index (κ3) is 5.71. The molecule has 0 aliphatic rings. The summed E-state index contributed by atoms with van der Waals surface area (Å²) in [6.45, 7) is 6.16. The molecular formula is C13H26N2O2. The van der Waals surface area contributed by atoms with Crippen LogP contribution in [0.3, 0.4) is 0 Å². The molecule has 0 rings (SSSR count). The van der Waals surface area contributed by atoms with Gasteiger partial charge < -0.3 is 11.1 Å². The summed E-state index contributed by atoms with van der Waals surface area (Å²) >= 11 is 0. The van der Waals surface area contributed by atoms with Crippen LogP contribution < -0.4 is 11.1 Å². The van der Waals surface area contributed by atoms with Crippen LogP contribution in [0.15, 0.2) is 0 Å². The molecule has 2 atom stereocenters. The molecule has 0 aliphatic heterocycles. The molecule has 0 spiro atoms. The van der Waals surface area contributed by atoms with Gasteiger partial charge in [-0.3, -0.25) is 9.59 Å². The van der Waals surface area contributed by atoms with Crippen molar-refractivity contribution in [2.45, 2.75) is 46.5 Å². The average Bonchev–Trinajstić information content (AvgIpc) is 2.26. The summed E-state index contributed by atoms with van der Waals surface area (Å²) in [5.41, 5.74) is 5.43. The fraction of sp³-hybridized carbons (Fsp3) is 0.846. The second-order valence-corrected chi connectivity index (χ2v) is 5.00. The predicted octanol–water partition coefficient (Wildman–Crippen LogP) is 1.69. The molecular weight excluding hydrogens is 216 g/mol. The fourth-order valence-corrected chi connectivity index (χ4v) is 2.11. The summed E-state index contributed by atoms with van der Waals surface area (Å²) in [5.74, 6) is -0.673. The zero-order valence-electron chi connectivity index (χ0n) is 11.5. The molecule has 3 N–H and O–H groups in total. The van der Waals surface area contributed by atoms with Gasteiger partial charge in [0.15, 0.2) is 0 Å². The van der Waals surface area contributed by atoms with Gasteiger partial charge in [0.25, 0.3) is 0 Å². The Morgan fingerprint density at radius 1 is 1.24 bits per heavy atom. The van der Waals surface area contributed by atoms with Crippen molar-refractivity contribution in [2.75, 3.05) is 7.05 Å². The lowest BCUT2D eigenvalue weighted by atomic mass is 9.81. The van der Waals surface area contributed by atoms with E-state index in [0.717, 1.165) is 12.8 Å². The molecule has 1 unspecified atom stereocenters. The number of amides is 2. The van der Waals surface area contributed by atoms with Gasteiger partial charge >= 0.3 is 0 Å². The van der Waals surface area contributed by atoms with Crippen LogP contribution in [0.5, 0.6) is 0 Å². The lowest BCUT2D eigenvalue weighted by Crippen LogP contribution is -2.39. The second kappa shape index (κ2) is 8.09. The first kappa shape index (κ1) is 15.9. The van der Waals surface area contributed by atoms with E-state index in [9.17, 15) is 9.59 Å². The smallest absolute Gasteiger partial charge is 0.223 e. The lowest BCUT2D eigenvalue weighted by molar-refractivity contribution is -0.133. The predicted molar refractivity (Wildman–Crippen MR) is 69.2 cm³/mol. The van der Waals surface area contributed by atoms with Crippen molar-refractivity contribution in [3.05, 3.63) is 0 Å². The standard InChI is InChI=1S/C13H26N2O2/c1-5-6-7-10(12(14)16)11(8-9(2)3)13(17)15-4/h9-11H,5-8H2,1-4H3,(H2,14,16)(H,15,17)/t10-,11?/m0/s1. The van der Waals surface area contributed by atoms with Crippen molar-refractivity contribution < 1.29 is 9.59 Å². The van der Waals surface area contributed by atoms with Gasteiger partial charge in [-0.05, 0) is 18.8 Å². The number of unbranched alkanes of at least 4 members (excludes halogenated alkanes) is 1. The first-order chi connectivity index (χ1) is 7.93. The first-order valence-corrected chi connectivity index (χ1v) is 6.44. The summed E-state index contributed by atoms with van der Waals surface area (Å²) in [5, 5.41) is 2.64. The van der Waals surface area contributed by atoms with E-state index < -0.39 is 0 Å². The Morgan fingerprint density at radius 3 is 2.18 bits per heavy atom. The van der Waals surface area contributed by atoms with Crippen LogP contribution in [0.25, 0.3) is 0 Å². The summed E-state index contributed by atoms with van der Waals surface area (Å²) < 4.78 is 0. The highest BCUT2D eigenvalue weighted by Gasteiger charge is 2.31. The third-order valence-electron chi connectivity index (χ3n) is 3.03. The SMILES string of the molecule is CCCC[C@H](C(N)=O)C(CC(C)C)C(=O)NC. The molecule has 0 aromatic rings. The van der Waals surface area contributed by atoms with Crippen molar-refractivity contribution in [3.63, 3.8) is 0 Å². The van der Waals surface area contributed by atoms with Gasteiger partial charge in [-0.15, -0.1) is 0 Å². The number of nitrogens with one attached hydrogen (secondary N) is 1. The van der Waals surface area contributed by atoms with E-state index in [0.29, 0.717) is 18.8 Å². The summed E-state index contributed by atoms with van der Waals surface area (Å²) in [4.78, 5) is 23.3. The molecule has 0 heterocycles. The van der Waals surface area contributed by atoms with Crippen LogP contribution in [0.2, 0.25) is 0 Å². The summed E-state index contributed by atoms with van der Waals surface area (Å²) in [7, 11) is 1.60. The maximum atomic E-state index is 11.8. The largest absolute Gasteiger partial charge is 0.369 e. The van der Waals surface area contributed by atoms with E-state index in [1.165, 1.54) is 0 Å². The van der Waals surface area contributed by atoms with Crippen LogP contribution in [-0.2, 0) is 9.59 Å². The number of carbonyl (C=O) groups excluding carboxylic acids is 2. The molecule has 0 bridgehead atoms. The summed E-state index contributed by atoms with van der Waals surface area (Å²) in [6, 6.07) is 0. The van der Waals surface area contributed by atoms with Crippen LogP contribution in [-0.4, -0.2) is 18.9 Å². The summed E-state index contributed by atoms with van der Waals surface area (Å²) in [6.07, 6.45) is 3.35. The van der Waals surface area contributed by atoms with Crippen molar-refractivity contribution in [3.8, 4) is 0 Å². The van der Waals surface area contributed by atoms with Gasteiger partial charge in [0.05, 0.1) is 0 Å². The van der Waals surface area contributed by atoms with Crippen LogP contribution >= 0.6 is 0 Å². The van der Waals surface area contributed by atoms with Gasteiger partial charge in [0.1, 0.15) is 0 Å². The van der Waals surface area contributed by atoms with E-state index >= 15 is 0 Å². The lowest BCUT2D eigenvalue weighted by Gasteiger charge is -2.24. The van der Waals surface area contributed by atoms with Gasteiger partial charge in [0, 0.05) is 18.9 Å². The third-order valence-corrected chi connectivity index (χ3v) is 3.03. The van der Waals surface area contributed by atoms with E-state index in [1.54, 1.807) is 7.05 Å². The Morgan fingerprint density at radius 2 is 1.82 bits per heavy atom. The van der Waals surface area contributed by atoms with Gasteiger partial charge in [-0.1, -0.05) is 33.6 Å². The molecule has 0 aliphatic carbocycles. The van der Waals surface area contributed by atoms with Crippen molar-refractivity contribution in [1.82, 2.24) is 5.32 Å². The number of carbonyl (C=O) groups is 2.